The van der Waals surface area contributed by atoms with E-state index < -0.39 is 6.09 Å². The van der Waals surface area contributed by atoms with Crippen molar-refractivity contribution in [2.24, 2.45) is 11.3 Å². The maximum atomic E-state index is 12.1. The predicted molar refractivity (Wildman–Crippen MR) is 131 cm³/mol. The number of imidazole rings is 1. The Hall–Kier alpha value is -3.47. The van der Waals surface area contributed by atoms with Crippen LogP contribution in [0, 0.1) is 22.7 Å². The van der Waals surface area contributed by atoms with Crippen LogP contribution >= 0.6 is 0 Å². The molecule has 8 nitrogen and oxygen atoms in total. The van der Waals surface area contributed by atoms with Crippen LogP contribution in [0.3, 0.4) is 0 Å². The lowest BCUT2D eigenvalue weighted by molar-refractivity contribution is 0.136. The molecule has 4 rings (SSSR count). The number of hydrogen-bond acceptors (Lipinski definition) is 5. The van der Waals surface area contributed by atoms with Crippen LogP contribution < -0.4 is 4.90 Å². The Kier molecular flexibility index (Phi) is 6.30. The van der Waals surface area contributed by atoms with Crippen LogP contribution in [0.25, 0.3) is 11.0 Å². The molecule has 8 heteroatoms. The zero-order chi connectivity index (χ0) is 24.5. The van der Waals surface area contributed by atoms with Crippen molar-refractivity contribution >= 4 is 22.9 Å². The number of hydrogen-bond donors (Lipinski definition) is 1. The second kappa shape index (κ2) is 9.05. The first kappa shape index (κ1) is 23.7. The van der Waals surface area contributed by atoms with Gasteiger partial charge in [0.1, 0.15) is 0 Å². The van der Waals surface area contributed by atoms with Crippen LogP contribution in [0.15, 0.2) is 36.9 Å². The number of rotatable bonds is 5. The average molecular weight is 461 g/mol. The summed E-state index contributed by atoms with van der Waals surface area (Å²) in [5.41, 5.74) is 3.16. The molecular weight excluding hydrogens is 428 g/mol. The van der Waals surface area contributed by atoms with Gasteiger partial charge in [0.25, 0.3) is 0 Å². The number of amides is 1. The molecule has 2 unspecified atom stereocenters. The summed E-state index contributed by atoms with van der Waals surface area (Å²) in [4.78, 5) is 26.8. The fourth-order valence-electron chi connectivity index (χ4n) is 5.06. The van der Waals surface area contributed by atoms with Gasteiger partial charge in [0.05, 0.1) is 47.1 Å². The van der Waals surface area contributed by atoms with E-state index in [2.05, 4.69) is 53.3 Å². The standard InChI is InChI=1S/C26H32N6O2/c1-25(2,3)22-13-29-23(14-28-22)32(24(33)34)15-19-6-5-9-26(4,11-19)16-31-17-30-20-8-7-18(12-27)10-21(20)31/h7-8,10,13-14,17,19H,5-6,9,11,15-16H2,1-4H3,(H,33,34). The van der Waals surface area contributed by atoms with E-state index in [1.807, 2.05) is 18.5 Å². The molecule has 2 heterocycles. The molecule has 3 aromatic rings. The number of aromatic nitrogens is 4. The molecule has 178 valence electrons. The SMILES string of the molecule is CC1(Cn2cnc3ccc(C#N)cc32)CCCC(CN(C(=O)O)c2cnc(C(C)(C)C)cn2)C1. The van der Waals surface area contributed by atoms with Crippen molar-refractivity contribution in [2.75, 3.05) is 11.4 Å². The Labute approximate surface area is 200 Å². The monoisotopic (exact) mass is 460 g/mol. The third-order valence-electron chi connectivity index (χ3n) is 6.83. The summed E-state index contributed by atoms with van der Waals surface area (Å²) in [6.07, 6.45) is 8.08. The minimum atomic E-state index is -1.00. The molecule has 0 radical (unpaired) electrons. The van der Waals surface area contributed by atoms with Crippen LogP contribution in [0.1, 0.15) is 64.6 Å². The molecule has 0 saturated heterocycles. The highest BCUT2D eigenvalue weighted by Gasteiger charge is 2.35. The minimum absolute atomic E-state index is 0.00510. The molecule has 0 bridgehead atoms. The average Bonchev–Trinajstić information content (AvgIpc) is 3.18. The summed E-state index contributed by atoms with van der Waals surface area (Å²) >= 11 is 0. The molecule has 1 aliphatic rings. The van der Waals surface area contributed by atoms with E-state index in [-0.39, 0.29) is 16.7 Å². The van der Waals surface area contributed by atoms with Crippen LogP contribution in [0.4, 0.5) is 10.6 Å². The van der Waals surface area contributed by atoms with E-state index in [1.165, 1.54) is 4.90 Å². The van der Waals surface area contributed by atoms with E-state index in [0.717, 1.165) is 49.0 Å². The van der Waals surface area contributed by atoms with Gasteiger partial charge < -0.3 is 9.67 Å². The van der Waals surface area contributed by atoms with Gasteiger partial charge in [-0.3, -0.25) is 9.88 Å². The van der Waals surface area contributed by atoms with Gasteiger partial charge in [0.2, 0.25) is 0 Å². The molecule has 1 aliphatic carbocycles. The molecule has 1 amide bonds. The van der Waals surface area contributed by atoms with Crippen molar-refractivity contribution in [1.82, 2.24) is 19.5 Å². The highest BCUT2D eigenvalue weighted by Crippen LogP contribution is 2.41. The Morgan fingerprint density at radius 2 is 2.09 bits per heavy atom. The first-order valence-corrected chi connectivity index (χ1v) is 11.8. The maximum absolute atomic E-state index is 12.1. The fraction of sp³-hybridized carbons (Fsp3) is 0.500. The van der Waals surface area contributed by atoms with Crippen molar-refractivity contribution in [3.05, 3.63) is 48.2 Å². The van der Waals surface area contributed by atoms with E-state index in [4.69, 9.17) is 0 Å². The molecule has 2 atom stereocenters. The van der Waals surface area contributed by atoms with Crippen LogP contribution in [0.2, 0.25) is 0 Å². The van der Waals surface area contributed by atoms with E-state index in [1.54, 1.807) is 18.5 Å². The second-order valence-corrected chi connectivity index (χ2v) is 10.9. The summed E-state index contributed by atoms with van der Waals surface area (Å²) in [7, 11) is 0. The summed E-state index contributed by atoms with van der Waals surface area (Å²) in [6, 6.07) is 7.76. The van der Waals surface area contributed by atoms with Crippen molar-refractivity contribution in [1.29, 1.82) is 5.26 Å². The zero-order valence-electron chi connectivity index (χ0n) is 20.3. The summed E-state index contributed by atoms with van der Waals surface area (Å²) in [6.45, 7) is 9.61. The molecule has 34 heavy (non-hydrogen) atoms. The Morgan fingerprint density at radius 1 is 1.29 bits per heavy atom. The summed E-state index contributed by atoms with van der Waals surface area (Å²) < 4.78 is 2.13. The maximum Gasteiger partial charge on any atom is 0.413 e. The number of carboxylic acid groups (broad SMARTS) is 1. The number of anilines is 1. The molecule has 1 fully saturated rings. The quantitative estimate of drug-likeness (QED) is 0.548. The van der Waals surface area contributed by atoms with Gasteiger partial charge >= 0.3 is 6.09 Å². The van der Waals surface area contributed by atoms with Crippen molar-refractivity contribution < 1.29 is 9.90 Å². The Balaban J connectivity index is 1.50. The first-order valence-electron chi connectivity index (χ1n) is 11.8. The number of nitriles is 1. The Bertz CT molecular complexity index is 1220. The molecule has 1 aromatic carbocycles. The largest absolute Gasteiger partial charge is 0.465 e. The zero-order valence-corrected chi connectivity index (χ0v) is 20.3. The van der Waals surface area contributed by atoms with Crippen molar-refractivity contribution in [3.63, 3.8) is 0 Å². The first-order chi connectivity index (χ1) is 16.1. The molecular formula is C26H32N6O2. The van der Waals surface area contributed by atoms with E-state index in [0.29, 0.717) is 17.9 Å². The molecule has 0 aliphatic heterocycles. The van der Waals surface area contributed by atoms with Gasteiger partial charge in [-0.25, -0.2) is 14.8 Å². The number of benzene rings is 1. The Morgan fingerprint density at radius 3 is 2.74 bits per heavy atom. The third kappa shape index (κ3) is 5.04. The van der Waals surface area contributed by atoms with Gasteiger partial charge in [-0.1, -0.05) is 34.1 Å². The van der Waals surface area contributed by atoms with Gasteiger partial charge in [-0.05, 0) is 48.8 Å². The fourth-order valence-corrected chi connectivity index (χ4v) is 5.06. The lowest BCUT2D eigenvalue weighted by Crippen LogP contribution is -2.39. The van der Waals surface area contributed by atoms with Crippen LogP contribution in [-0.2, 0) is 12.0 Å². The smallest absolute Gasteiger partial charge is 0.413 e. The number of carbonyl (C=O) groups is 1. The lowest BCUT2D eigenvalue weighted by Gasteiger charge is -2.39. The normalized spacial score (nSPS) is 20.7. The molecule has 1 N–H and O–H groups in total. The van der Waals surface area contributed by atoms with E-state index >= 15 is 0 Å². The number of nitrogens with zero attached hydrogens (tertiary/aromatic N) is 6. The van der Waals surface area contributed by atoms with Crippen LogP contribution in [0.5, 0.6) is 0 Å². The third-order valence-corrected chi connectivity index (χ3v) is 6.83. The molecule has 1 saturated carbocycles. The van der Waals surface area contributed by atoms with Crippen molar-refractivity contribution in [3.8, 4) is 6.07 Å². The van der Waals surface area contributed by atoms with Gasteiger partial charge in [-0.2, -0.15) is 5.26 Å². The topological polar surface area (TPSA) is 108 Å². The summed E-state index contributed by atoms with van der Waals surface area (Å²) in [5, 5.41) is 19.2. The lowest BCUT2D eigenvalue weighted by atomic mass is 9.70. The predicted octanol–water partition coefficient (Wildman–Crippen LogP) is 5.38. The van der Waals surface area contributed by atoms with Crippen LogP contribution in [-0.4, -0.2) is 37.3 Å². The van der Waals surface area contributed by atoms with Gasteiger partial charge in [0.15, 0.2) is 5.82 Å². The molecule has 0 spiro atoms. The van der Waals surface area contributed by atoms with Gasteiger partial charge in [0, 0.05) is 18.5 Å². The highest BCUT2D eigenvalue weighted by molar-refractivity contribution is 5.84. The molecule has 2 aromatic heterocycles. The number of fused-ring (bicyclic) bond motifs is 1. The van der Waals surface area contributed by atoms with Gasteiger partial charge in [-0.15, -0.1) is 0 Å². The highest BCUT2D eigenvalue weighted by atomic mass is 16.4. The summed E-state index contributed by atoms with van der Waals surface area (Å²) in [5.74, 6) is 0.598. The van der Waals surface area contributed by atoms with Crippen molar-refractivity contribution in [2.45, 2.75) is 65.3 Å². The minimum Gasteiger partial charge on any atom is -0.465 e. The second-order valence-electron chi connectivity index (χ2n) is 10.9. The van der Waals surface area contributed by atoms with E-state index in [9.17, 15) is 15.2 Å².